The number of non-ortho nitro benzene ring substituents is 1. The van der Waals surface area contributed by atoms with Crippen LogP contribution < -0.4 is 10.1 Å². The van der Waals surface area contributed by atoms with E-state index in [0.717, 1.165) is 26.2 Å². The predicted octanol–water partition coefficient (Wildman–Crippen LogP) is 4.18. The molecule has 0 aromatic heterocycles. The summed E-state index contributed by atoms with van der Waals surface area (Å²) in [6.45, 7) is 1.21. The summed E-state index contributed by atoms with van der Waals surface area (Å²) >= 11 is 3.25. The standard InChI is InChI=1S/C20H20BrF3N2O7/c1-10-14(18(27)28)15(16(19(29)32-2)17(25-10)20(22,23)24)12-9-11(26(30)31)5-6-13(12)33-8-4-3-7-21/h5-6,9,15,25H,3-4,7-8H2,1-2H3,(H,27,28). The zero-order valence-corrected chi connectivity index (χ0v) is 19.1. The lowest BCUT2D eigenvalue weighted by Crippen LogP contribution is -2.38. The van der Waals surface area contributed by atoms with Crippen molar-refractivity contribution in [3.63, 3.8) is 0 Å². The highest BCUT2D eigenvalue weighted by Crippen LogP contribution is 2.46. The molecule has 0 aliphatic carbocycles. The van der Waals surface area contributed by atoms with Crippen LogP contribution in [0.5, 0.6) is 5.75 Å². The van der Waals surface area contributed by atoms with Crippen LogP contribution in [0.25, 0.3) is 0 Å². The Morgan fingerprint density at radius 2 is 1.94 bits per heavy atom. The molecule has 1 unspecified atom stereocenters. The summed E-state index contributed by atoms with van der Waals surface area (Å²) in [7, 11) is 0.844. The molecular weight excluding hydrogens is 517 g/mol. The minimum absolute atomic E-state index is 0.0865. The number of esters is 1. The lowest BCUT2D eigenvalue weighted by Gasteiger charge is -2.31. The van der Waals surface area contributed by atoms with E-state index in [4.69, 9.17) is 4.74 Å². The number of nitro benzene ring substituents is 1. The Labute approximate surface area is 194 Å². The van der Waals surface area contributed by atoms with E-state index in [-0.39, 0.29) is 23.6 Å². The number of hydrogen-bond donors (Lipinski definition) is 2. The first-order valence-electron chi connectivity index (χ1n) is 9.51. The van der Waals surface area contributed by atoms with Gasteiger partial charge in [0.1, 0.15) is 11.4 Å². The highest BCUT2D eigenvalue weighted by atomic mass is 79.9. The van der Waals surface area contributed by atoms with Crippen LogP contribution >= 0.6 is 15.9 Å². The van der Waals surface area contributed by atoms with Gasteiger partial charge in [-0.3, -0.25) is 10.1 Å². The van der Waals surface area contributed by atoms with Crippen molar-refractivity contribution in [1.29, 1.82) is 0 Å². The number of allylic oxidation sites excluding steroid dienone is 2. The first-order chi connectivity index (χ1) is 15.4. The third-order valence-electron chi connectivity index (χ3n) is 4.78. The SMILES string of the molecule is COC(=O)C1=C(C(F)(F)F)NC(C)=C(C(=O)O)C1c1cc([N+](=O)[O-])ccc1OCCCCBr. The molecule has 1 aliphatic rings. The number of ether oxygens (including phenoxy) is 2. The number of rotatable bonds is 9. The van der Waals surface area contributed by atoms with Crippen LogP contribution in [0.1, 0.15) is 31.2 Å². The molecule has 1 aromatic carbocycles. The summed E-state index contributed by atoms with van der Waals surface area (Å²) in [6, 6.07) is 3.15. The van der Waals surface area contributed by atoms with Crippen molar-refractivity contribution in [1.82, 2.24) is 5.32 Å². The summed E-state index contributed by atoms with van der Waals surface area (Å²) in [5.74, 6) is -5.00. The number of dihydropyridines is 1. The number of carboxylic acid groups (broad SMARTS) is 1. The lowest BCUT2D eigenvalue weighted by atomic mass is 9.79. The number of carboxylic acids is 1. The minimum Gasteiger partial charge on any atom is -0.493 e. The molecule has 0 radical (unpaired) electrons. The molecule has 1 heterocycles. The molecule has 2 rings (SSSR count). The largest absolute Gasteiger partial charge is 0.493 e. The molecular formula is C20H20BrF3N2O7. The number of nitrogens with zero attached hydrogens (tertiary/aromatic N) is 1. The number of hydrogen-bond acceptors (Lipinski definition) is 7. The quantitative estimate of drug-likeness (QED) is 0.158. The molecule has 0 spiro atoms. The van der Waals surface area contributed by atoms with Gasteiger partial charge in [0.2, 0.25) is 0 Å². The van der Waals surface area contributed by atoms with Gasteiger partial charge in [-0.05, 0) is 25.8 Å². The van der Waals surface area contributed by atoms with E-state index >= 15 is 0 Å². The average Bonchev–Trinajstić information content (AvgIpc) is 2.74. The summed E-state index contributed by atoms with van der Waals surface area (Å²) in [6.07, 6.45) is -3.83. The van der Waals surface area contributed by atoms with Crippen LogP contribution in [0, 0.1) is 10.1 Å². The van der Waals surface area contributed by atoms with E-state index in [0.29, 0.717) is 18.2 Å². The first kappa shape index (κ1) is 26.2. The molecule has 9 nitrogen and oxygen atoms in total. The molecule has 0 saturated heterocycles. The molecule has 0 fully saturated rings. The number of carbonyl (C=O) groups is 2. The van der Waals surface area contributed by atoms with Gasteiger partial charge in [-0.2, -0.15) is 13.2 Å². The summed E-state index contributed by atoms with van der Waals surface area (Å²) in [5.41, 5.74) is -4.34. The molecule has 2 N–H and O–H groups in total. The van der Waals surface area contributed by atoms with Crippen LogP contribution in [0.3, 0.4) is 0 Å². The van der Waals surface area contributed by atoms with Crippen molar-refractivity contribution >= 4 is 33.6 Å². The molecule has 0 bridgehead atoms. The zero-order valence-electron chi connectivity index (χ0n) is 17.5. The second kappa shape index (κ2) is 10.7. The maximum absolute atomic E-state index is 13.8. The fourth-order valence-electron chi connectivity index (χ4n) is 3.36. The summed E-state index contributed by atoms with van der Waals surface area (Å²) in [4.78, 5) is 35.1. The molecule has 1 aliphatic heterocycles. The van der Waals surface area contributed by atoms with E-state index in [1.54, 1.807) is 0 Å². The van der Waals surface area contributed by atoms with E-state index in [9.17, 15) is 38.0 Å². The Balaban J connectivity index is 2.85. The Kier molecular flexibility index (Phi) is 8.47. The van der Waals surface area contributed by atoms with E-state index in [2.05, 4.69) is 20.7 Å². The topological polar surface area (TPSA) is 128 Å². The molecule has 33 heavy (non-hydrogen) atoms. The van der Waals surface area contributed by atoms with Crippen molar-refractivity contribution in [2.75, 3.05) is 19.0 Å². The van der Waals surface area contributed by atoms with Gasteiger partial charge in [-0.25, -0.2) is 9.59 Å². The Bertz CT molecular complexity index is 1020. The second-order valence-corrected chi connectivity index (χ2v) is 7.70. The first-order valence-corrected chi connectivity index (χ1v) is 10.6. The molecule has 1 aromatic rings. The van der Waals surface area contributed by atoms with Gasteiger partial charge in [0.05, 0.1) is 35.7 Å². The lowest BCUT2D eigenvalue weighted by molar-refractivity contribution is -0.384. The van der Waals surface area contributed by atoms with Gasteiger partial charge < -0.3 is 19.9 Å². The van der Waals surface area contributed by atoms with Crippen LogP contribution in [0.2, 0.25) is 0 Å². The van der Waals surface area contributed by atoms with Gasteiger partial charge in [0.25, 0.3) is 5.69 Å². The Hall–Kier alpha value is -3.09. The van der Waals surface area contributed by atoms with E-state index in [1.807, 2.05) is 5.32 Å². The highest BCUT2D eigenvalue weighted by Gasteiger charge is 2.48. The number of benzene rings is 1. The number of halogens is 4. The monoisotopic (exact) mass is 536 g/mol. The Morgan fingerprint density at radius 1 is 1.27 bits per heavy atom. The maximum Gasteiger partial charge on any atom is 0.431 e. The molecule has 1 atom stereocenters. The molecule has 0 saturated carbocycles. The van der Waals surface area contributed by atoms with Crippen molar-refractivity contribution in [3.05, 3.63) is 56.4 Å². The number of nitrogens with one attached hydrogen (secondary N) is 1. The third-order valence-corrected chi connectivity index (χ3v) is 5.34. The average molecular weight is 537 g/mol. The van der Waals surface area contributed by atoms with Crippen molar-refractivity contribution in [2.24, 2.45) is 0 Å². The molecule has 13 heteroatoms. The van der Waals surface area contributed by atoms with Gasteiger partial charge in [0, 0.05) is 28.7 Å². The summed E-state index contributed by atoms with van der Waals surface area (Å²) in [5, 5.41) is 23.8. The summed E-state index contributed by atoms with van der Waals surface area (Å²) < 4.78 is 51.7. The highest BCUT2D eigenvalue weighted by molar-refractivity contribution is 9.09. The number of carbonyl (C=O) groups excluding carboxylic acids is 1. The zero-order chi connectivity index (χ0) is 24.9. The fraction of sp³-hybridized carbons (Fsp3) is 0.400. The molecule has 0 amide bonds. The number of unbranched alkanes of at least 4 members (excludes halogenated alkanes) is 1. The number of alkyl halides is 4. The van der Waals surface area contributed by atoms with Crippen molar-refractivity contribution < 1.29 is 42.3 Å². The Morgan fingerprint density at radius 3 is 2.45 bits per heavy atom. The third kappa shape index (κ3) is 5.83. The van der Waals surface area contributed by atoms with Crippen LogP contribution in [-0.2, 0) is 14.3 Å². The normalized spacial score (nSPS) is 16.4. The number of aliphatic carboxylic acids is 1. The minimum atomic E-state index is -5.08. The predicted molar refractivity (Wildman–Crippen MR) is 113 cm³/mol. The van der Waals surface area contributed by atoms with Gasteiger partial charge in [-0.15, -0.1) is 0 Å². The maximum atomic E-state index is 13.8. The van der Waals surface area contributed by atoms with Crippen LogP contribution in [0.4, 0.5) is 18.9 Å². The van der Waals surface area contributed by atoms with Crippen LogP contribution in [0.15, 0.2) is 40.7 Å². The second-order valence-electron chi connectivity index (χ2n) is 6.90. The van der Waals surface area contributed by atoms with E-state index in [1.165, 1.54) is 6.07 Å². The fourth-order valence-corrected chi connectivity index (χ4v) is 3.76. The number of nitro groups is 1. The van der Waals surface area contributed by atoms with Gasteiger partial charge in [0.15, 0.2) is 0 Å². The van der Waals surface area contributed by atoms with Crippen molar-refractivity contribution in [3.8, 4) is 5.75 Å². The van der Waals surface area contributed by atoms with Gasteiger partial charge >= 0.3 is 18.1 Å². The van der Waals surface area contributed by atoms with Crippen molar-refractivity contribution in [2.45, 2.75) is 31.9 Å². The van der Waals surface area contributed by atoms with E-state index < -0.39 is 51.5 Å². The number of methoxy groups -OCH3 is 1. The van der Waals surface area contributed by atoms with Gasteiger partial charge in [-0.1, -0.05) is 15.9 Å². The smallest absolute Gasteiger partial charge is 0.431 e. The molecule has 180 valence electrons. The van der Waals surface area contributed by atoms with Crippen LogP contribution in [-0.4, -0.2) is 47.2 Å².